The zero-order valence-electron chi connectivity index (χ0n) is 16.5. The average molecular weight is 390 g/mol. The smallest absolute Gasteiger partial charge is 0.130 e. The summed E-state index contributed by atoms with van der Waals surface area (Å²) in [5.41, 5.74) is 3.84. The van der Waals surface area contributed by atoms with E-state index in [-0.39, 0.29) is 11.9 Å². The number of hydrogen-bond acceptors (Lipinski definition) is 5. The highest BCUT2D eigenvalue weighted by molar-refractivity contribution is 5.73. The summed E-state index contributed by atoms with van der Waals surface area (Å²) in [6.45, 7) is 4.53. The van der Waals surface area contributed by atoms with Gasteiger partial charge in [-0.15, -0.1) is 5.10 Å². The largest absolute Gasteiger partial charge is 0.367 e. The third-order valence-electron chi connectivity index (χ3n) is 4.80. The molecule has 0 spiro atoms. The molecule has 0 aliphatic carbocycles. The minimum atomic E-state index is -0.205. The summed E-state index contributed by atoms with van der Waals surface area (Å²) < 4.78 is 14.9. The van der Waals surface area contributed by atoms with Crippen molar-refractivity contribution in [2.75, 3.05) is 5.32 Å². The van der Waals surface area contributed by atoms with Crippen LogP contribution in [0, 0.1) is 12.7 Å². The molecule has 0 bridgehead atoms. The summed E-state index contributed by atoms with van der Waals surface area (Å²) in [5, 5.41) is 11.9. The van der Waals surface area contributed by atoms with Gasteiger partial charge in [0, 0.05) is 12.1 Å². The first-order chi connectivity index (χ1) is 14.1. The van der Waals surface area contributed by atoms with Crippen molar-refractivity contribution >= 4 is 16.9 Å². The molecule has 0 amide bonds. The van der Waals surface area contributed by atoms with Gasteiger partial charge in [-0.25, -0.2) is 19.0 Å². The normalized spacial score (nSPS) is 12.2. The van der Waals surface area contributed by atoms with Crippen molar-refractivity contribution in [2.45, 2.75) is 39.3 Å². The summed E-state index contributed by atoms with van der Waals surface area (Å²) in [4.78, 5) is 9.06. The summed E-state index contributed by atoms with van der Waals surface area (Å²) in [7, 11) is 0. The molecular weight excluding hydrogens is 367 g/mol. The zero-order chi connectivity index (χ0) is 20.2. The number of hydrogen-bond donors (Lipinski definition) is 1. The van der Waals surface area contributed by atoms with E-state index >= 15 is 0 Å². The van der Waals surface area contributed by atoms with Crippen LogP contribution in [0.4, 0.5) is 10.2 Å². The monoisotopic (exact) mass is 390 g/mol. The molecule has 0 aliphatic rings. The van der Waals surface area contributed by atoms with E-state index in [0.29, 0.717) is 12.4 Å². The minimum absolute atomic E-state index is 0.205. The van der Waals surface area contributed by atoms with E-state index in [0.717, 1.165) is 41.0 Å². The van der Waals surface area contributed by atoms with Crippen LogP contribution in [0.3, 0.4) is 0 Å². The first-order valence-corrected chi connectivity index (χ1v) is 9.70. The lowest BCUT2D eigenvalue weighted by atomic mass is 10.1. The number of aryl methyl sites for hydroxylation is 2. The van der Waals surface area contributed by atoms with E-state index in [1.807, 2.05) is 54.1 Å². The first kappa shape index (κ1) is 19.0. The second-order valence-electron chi connectivity index (χ2n) is 7.24. The van der Waals surface area contributed by atoms with Crippen LogP contribution < -0.4 is 5.32 Å². The Balaban J connectivity index is 1.43. The Bertz CT molecular complexity index is 1110. The van der Waals surface area contributed by atoms with Crippen LogP contribution in [0.2, 0.25) is 0 Å². The van der Waals surface area contributed by atoms with Gasteiger partial charge in [-0.3, -0.25) is 0 Å². The fraction of sp³-hybridized carbons (Fsp3) is 0.273. The van der Waals surface area contributed by atoms with E-state index in [1.165, 1.54) is 12.1 Å². The molecule has 6 nitrogen and oxygen atoms in total. The number of para-hydroxylation sites is 1. The van der Waals surface area contributed by atoms with Gasteiger partial charge in [0.15, 0.2) is 0 Å². The fourth-order valence-corrected chi connectivity index (χ4v) is 3.33. The van der Waals surface area contributed by atoms with Gasteiger partial charge in [-0.2, -0.15) is 0 Å². The molecule has 2 aromatic carbocycles. The molecule has 0 unspecified atom stereocenters. The first-order valence-electron chi connectivity index (χ1n) is 9.70. The van der Waals surface area contributed by atoms with Crippen LogP contribution >= 0.6 is 0 Å². The molecule has 4 aromatic rings. The van der Waals surface area contributed by atoms with Crippen molar-refractivity contribution < 1.29 is 4.39 Å². The molecule has 1 N–H and O–H groups in total. The predicted molar refractivity (Wildman–Crippen MR) is 111 cm³/mol. The Labute approximate surface area is 168 Å². The van der Waals surface area contributed by atoms with E-state index in [9.17, 15) is 4.39 Å². The topological polar surface area (TPSA) is 68.5 Å². The van der Waals surface area contributed by atoms with E-state index in [2.05, 4.69) is 32.5 Å². The van der Waals surface area contributed by atoms with Crippen molar-refractivity contribution in [1.29, 1.82) is 0 Å². The number of benzene rings is 2. The Hall–Kier alpha value is -3.35. The molecule has 0 fully saturated rings. The van der Waals surface area contributed by atoms with Crippen molar-refractivity contribution in [2.24, 2.45) is 0 Å². The number of nitrogens with zero attached hydrogens (tertiary/aromatic N) is 5. The Morgan fingerprint density at radius 2 is 1.86 bits per heavy atom. The number of aromatic nitrogens is 5. The molecule has 7 heteroatoms. The zero-order valence-corrected chi connectivity index (χ0v) is 16.5. The average Bonchev–Trinajstić information content (AvgIpc) is 3.10. The molecule has 0 radical (unpaired) electrons. The highest BCUT2D eigenvalue weighted by Crippen LogP contribution is 2.15. The number of anilines is 1. The van der Waals surface area contributed by atoms with Gasteiger partial charge in [0.05, 0.1) is 17.8 Å². The van der Waals surface area contributed by atoms with Crippen LogP contribution in [0.15, 0.2) is 54.6 Å². The van der Waals surface area contributed by atoms with Gasteiger partial charge < -0.3 is 5.32 Å². The van der Waals surface area contributed by atoms with E-state index < -0.39 is 0 Å². The standard InChI is InChI=1S/C22H23FN6/c1-15(7-8-17-9-11-18(23)12-10-17)24-22-13-19(25-16(2)26-22)14-29-21-6-4-3-5-20(21)27-28-29/h3-6,9-13,15H,7-8,14H2,1-2H3,(H,24,25,26)/t15-/m1/s1. The predicted octanol–water partition coefficient (Wildman–Crippen LogP) is 4.15. The molecule has 0 aliphatic heterocycles. The van der Waals surface area contributed by atoms with E-state index in [1.54, 1.807) is 0 Å². The van der Waals surface area contributed by atoms with Gasteiger partial charge in [0.25, 0.3) is 0 Å². The summed E-state index contributed by atoms with van der Waals surface area (Å²) in [6.07, 6.45) is 1.79. The van der Waals surface area contributed by atoms with Crippen molar-refractivity contribution in [3.63, 3.8) is 0 Å². The molecular formula is C22H23FN6. The summed E-state index contributed by atoms with van der Waals surface area (Å²) in [5.74, 6) is 1.30. The molecule has 2 aromatic heterocycles. The number of rotatable bonds is 7. The number of nitrogens with one attached hydrogen (secondary N) is 1. The van der Waals surface area contributed by atoms with Crippen LogP contribution in [0.25, 0.3) is 11.0 Å². The van der Waals surface area contributed by atoms with Gasteiger partial charge in [0.2, 0.25) is 0 Å². The lowest BCUT2D eigenvalue weighted by Gasteiger charge is -2.15. The SMILES string of the molecule is Cc1nc(Cn2nnc3ccccc32)cc(N[C@H](C)CCc2ccc(F)cc2)n1. The lowest BCUT2D eigenvalue weighted by molar-refractivity contribution is 0.626. The maximum Gasteiger partial charge on any atom is 0.130 e. The number of fused-ring (bicyclic) bond motifs is 1. The minimum Gasteiger partial charge on any atom is -0.367 e. The highest BCUT2D eigenvalue weighted by atomic mass is 19.1. The molecule has 2 heterocycles. The van der Waals surface area contributed by atoms with Crippen molar-refractivity contribution in [3.8, 4) is 0 Å². The maximum absolute atomic E-state index is 13.0. The lowest BCUT2D eigenvalue weighted by Crippen LogP contribution is -2.18. The third-order valence-corrected chi connectivity index (χ3v) is 4.80. The van der Waals surface area contributed by atoms with Crippen LogP contribution in [0.1, 0.15) is 30.4 Å². The molecule has 4 rings (SSSR count). The molecule has 0 saturated carbocycles. The highest BCUT2D eigenvalue weighted by Gasteiger charge is 2.10. The Morgan fingerprint density at radius 1 is 1.07 bits per heavy atom. The molecule has 1 atom stereocenters. The molecule has 29 heavy (non-hydrogen) atoms. The van der Waals surface area contributed by atoms with Gasteiger partial charge >= 0.3 is 0 Å². The van der Waals surface area contributed by atoms with Crippen LogP contribution in [0.5, 0.6) is 0 Å². The van der Waals surface area contributed by atoms with E-state index in [4.69, 9.17) is 0 Å². The summed E-state index contributed by atoms with van der Waals surface area (Å²) >= 11 is 0. The quantitative estimate of drug-likeness (QED) is 0.513. The second-order valence-corrected chi connectivity index (χ2v) is 7.24. The van der Waals surface area contributed by atoms with Crippen LogP contribution in [-0.4, -0.2) is 31.0 Å². The molecule has 0 saturated heterocycles. The third kappa shape index (κ3) is 4.74. The maximum atomic E-state index is 13.0. The Kier molecular flexibility index (Phi) is 5.46. The van der Waals surface area contributed by atoms with Crippen LogP contribution in [-0.2, 0) is 13.0 Å². The number of halogens is 1. The van der Waals surface area contributed by atoms with Gasteiger partial charge in [-0.05, 0) is 56.5 Å². The fourth-order valence-electron chi connectivity index (χ4n) is 3.33. The van der Waals surface area contributed by atoms with Crippen molar-refractivity contribution in [3.05, 3.63) is 77.5 Å². The second kappa shape index (κ2) is 8.34. The van der Waals surface area contributed by atoms with Gasteiger partial charge in [0.1, 0.15) is 23.0 Å². The summed E-state index contributed by atoms with van der Waals surface area (Å²) in [6, 6.07) is 16.7. The van der Waals surface area contributed by atoms with Gasteiger partial charge in [-0.1, -0.05) is 29.5 Å². The molecule has 148 valence electrons. The van der Waals surface area contributed by atoms with Crippen molar-refractivity contribution in [1.82, 2.24) is 25.0 Å². The Morgan fingerprint density at radius 3 is 2.69 bits per heavy atom.